The molecule has 1 fully saturated rings. The topological polar surface area (TPSA) is 72.6 Å². The maximum absolute atomic E-state index is 12.6. The summed E-state index contributed by atoms with van der Waals surface area (Å²) < 4.78 is 32.0. The molecular formula is C14H23ClN2O3S. The zero-order valence-electron chi connectivity index (χ0n) is 12.2. The monoisotopic (exact) mass is 334 g/mol. The van der Waals surface area contributed by atoms with Gasteiger partial charge in [0.15, 0.2) is 0 Å². The molecule has 0 radical (unpaired) electrons. The van der Waals surface area contributed by atoms with Gasteiger partial charge in [-0.15, -0.1) is 12.4 Å². The van der Waals surface area contributed by atoms with Gasteiger partial charge in [0.2, 0.25) is 10.0 Å². The summed E-state index contributed by atoms with van der Waals surface area (Å²) in [5, 5.41) is 0. The van der Waals surface area contributed by atoms with Gasteiger partial charge < -0.3 is 10.5 Å². The Hall–Kier alpha value is -0.820. The minimum absolute atomic E-state index is 0. The van der Waals surface area contributed by atoms with Crippen LogP contribution in [-0.4, -0.2) is 39.0 Å². The Morgan fingerprint density at radius 3 is 2.57 bits per heavy atom. The number of ether oxygens (including phenoxy) is 1. The molecular weight excluding hydrogens is 312 g/mol. The molecule has 0 spiro atoms. The van der Waals surface area contributed by atoms with Crippen molar-refractivity contribution in [3.63, 3.8) is 0 Å². The molecule has 5 nitrogen and oxygen atoms in total. The van der Waals surface area contributed by atoms with Crippen molar-refractivity contribution in [1.82, 2.24) is 4.31 Å². The molecule has 1 unspecified atom stereocenters. The number of benzene rings is 1. The van der Waals surface area contributed by atoms with Crippen molar-refractivity contribution in [1.29, 1.82) is 0 Å². The summed E-state index contributed by atoms with van der Waals surface area (Å²) in [5.41, 5.74) is 5.66. The molecule has 7 heteroatoms. The molecule has 0 aliphatic carbocycles. The van der Waals surface area contributed by atoms with Crippen LogP contribution in [0.5, 0.6) is 5.75 Å². The summed E-state index contributed by atoms with van der Waals surface area (Å²) in [6.45, 7) is 4.09. The second-order valence-corrected chi connectivity index (χ2v) is 6.95. The largest absolute Gasteiger partial charge is 0.494 e. The normalized spacial score (nSPS) is 19.8. The van der Waals surface area contributed by atoms with E-state index in [4.69, 9.17) is 10.5 Å². The van der Waals surface area contributed by atoms with Gasteiger partial charge in [0.1, 0.15) is 5.75 Å². The minimum atomic E-state index is -3.41. The third-order valence-electron chi connectivity index (χ3n) is 3.59. The lowest BCUT2D eigenvalue weighted by molar-refractivity contribution is 0.271. The summed E-state index contributed by atoms with van der Waals surface area (Å²) in [6, 6.07) is 6.60. The molecule has 1 heterocycles. The second kappa shape index (κ2) is 7.98. The number of hydrogen-bond acceptors (Lipinski definition) is 4. The van der Waals surface area contributed by atoms with Gasteiger partial charge in [0.25, 0.3) is 0 Å². The van der Waals surface area contributed by atoms with E-state index in [0.717, 1.165) is 12.8 Å². The highest BCUT2D eigenvalue weighted by molar-refractivity contribution is 7.89. The quantitative estimate of drug-likeness (QED) is 0.892. The van der Waals surface area contributed by atoms with Crippen LogP contribution in [0.25, 0.3) is 0 Å². The van der Waals surface area contributed by atoms with Crippen molar-refractivity contribution in [3.8, 4) is 5.75 Å². The zero-order chi connectivity index (χ0) is 14.6. The maximum atomic E-state index is 12.6. The zero-order valence-corrected chi connectivity index (χ0v) is 13.8. The minimum Gasteiger partial charge on any atom is -0.494 e. The number of nitrogens with zero attached hydrogens (tertiary/aromatic N) is 1. The van der Waals surface area contributed by atoms with Crippen LogP contribution < -0.4 is 10.5 Å². The molecule has 2 rings (SSSR count). The number of nitrogens with two attached hydrogens (primary N) is 1. The molecule has 21 heavy (non-hydrogen) atoms. The van der Waals surface area contributed by atoms with Crippen molar-refractivity contribution < 1.29 is 13.2 Å². The van der Waals surface area contributed by atoms with Gasteiger partial charge in [-0.05, 0) is 56.5 Å². The van der Waals surface area contributed by atoms with Gasteiger partial charge in [-0.1, -0.05) is 0 Å². The molecule has 120 valence electrons. The maximum Gasteiger partial charge on any atom is 0.243 e. The molecule has 1 aromatic carbocycles. The third-order valence-corrected chi connectivity index (χ3v) is 5.47. The average molecular weight is 335 g/mol. The van der Waals surface area contributed by atoms with Crippen LogP contribution >= 0.6 is 12.4 Å². The summed E-state index contributed by atoms with van der Waals surface area (Å²) >= 11 is 0. The number of sulfonamides is 1. The van der Waals surface area contributed by atoms with E-state index < -0.39 is 10.0 Å². The smallest absolute Gasteiger partial charge is 0.243 e. The van der Waals surface area contributed by atoms with Crippen LogP contribution in [0.3, 0.4) is 0 Å². The Morgan fingerprint density at radius 2 is 2.00 bits per heavy atom. The average Bonchev–Trinajstić information content (AvgIpc) is 2.48. The fraction of sp³-hybridized carbons (Fsp3) is 0.571. The van der Waals surface area contributed by atoms with Crippen LogP contribution in [0.4, 0.5) is 0 Å². The van der Waals surface area contributed by atoms with Crippen LogP contribution in [0.2, 0.25) is 0 Å². The summed E-state index contributed by atoms with van der Waals surface area (Å²) in [5.74, 6) is 0.950. The van der Waals surface area contributed by atoms with E-state index >= 15 is 0 Å². The summed E-state index contributed by atoms with van der Waals surface area (Å²) in [4.78, 5) is 0.318. The van der Waals surface area contributed by atoms with Gasteiger partial charge in [-0.2, -0.15) is 4.31 Å². The van der Waals surface area contributed by atoms with E-state index in [9.17, 15) is 8.42 Å². The summed E-state index contributed by atoms with van der Waals surface area (Å²) in [7, 11) is -3.41. The first kappa shape index (κ1) is 18.2. The molecule has 0 amide bonds. The van der Waals surface area contributed by atoms with Crippen LogP contribution in [-0.2, 0) is 10.0 Å². The molecule has 1 aromatic rings. The predicted molar refractivity (Wildman–Crippen MR) is 85.4 cm³/mol. The van der Waals surface area contributed by atoms with E-state index in [1.807, 2.05) is 6.92 Å². The van der Waals surface area contributed by atoms with Crippen molar-refractivity contribution in [2.24, 2.45) is 11.7 Å². The SMILES string of the molecule is CCOc1ccc(S(=O)(=O)N2CCCC(CN)C2)cc1.Cl. The fourth-order valence-corrected chi connectivity index (χ4v) is 4.02. The second-order valence-electron chi connectivity index (χ2n) is 5.01. The number of rotatable bonds is 5. The van der Waals surface area contributed by atoms with Gasteiger partial charge in [-0.3, -0.25) is 0 Å². The Morgan fingerprint density at radius 1 is 1.33 bits per heavy atom. The van der Waals surface area contributed by atoms with Gasteiger partial charge >= 0.3 is 0 Å². The first-order chi connectivity index (χ1) is 9.57. The first-order valence-corrected chi connectivity index (χ1v) is 8.45. The molecule has 2 N–H and O–H groups in total. The standard InChI is InChI=1S/C14H22N2O3S.ClH/c1-2-19-13-5-7-14(8-6-13)20(17,18)16-9-3-4-12(10-15)11-16;/h5-8,12H,2-4,9-11,15H2,1H3;1H. The van der Waals surface area contributed by atoms with Gasteiger partial charge in [0.05, 0.1) is 11.5 Å². The third kappa shape index (κ3) is 4.32. The highest BCUT2D eigenvalue weighted by Gasteiger charge is 2.29. The highest BCUT2D eigenvalue weighted by atomic mass is 35.5. The molecule has 0 bridgehead atoms. The van der Waals surface area contributed by atoms with E-state index in [1.54, 1.807) is 28.6 Å². The lowest BCUT2D eigenvalue weighted by Crippen LogP contribution is -2.41. The molecule has 1 aliphatic rings. The number of halogens is 1. The molecule has 1 aliphatic heterocycles. The van der Waals surface area contributed by atoms with Gasteiger partial charge in [0, 0.05) is 13.1 Å². The van der Waals surface area contributed by atoms with Crippen molar-refractivity contribution >= 4 is 22.4 Å². The van der Waals surface area contributed by atoms with Crippen molar-refractivity contribution in [2.45, 2.75) is 24.7 Å². The fourth-order valence-electron chi connectivity index (χ4n) is 2.46. The first-order valence-electron chi connectivity index (χ1n) is 7.01. The van der Waals surface area contributed by atoms with E-state index in [0.29, 0.717) is 36.9 Å². The van der Waals surface area contributed by atoms with Crippen LogP contribution in [0, 0.1) is 5.92 Å². The molecule has 0 aromatic heterocycles. The Labute approximate surface area is 132 Å². The lowest BCUT2D eigenvalue weighted by atomic mass is 10.0. The number of piperidine rings is 1. The molecule has 1 saturated heterocycles. The lowest BCUT2D eigenvalue weighted by Gasteiger charge is -2.31. The predicted octanol–water partition coefficient (Wildman–Crippen LogP) is 1.87. The highest BCUT2D eigenvalue weighted by Crippen LogP contribution is 2.24. The van der Waals surface area contributed by atoms with Crippen molar-refractivity contribution in [2.75, 3.05) is 26.2 Å². The van der Waals surface area contributed by atoms with E-state index in [1.165, 1.54) is 0 Å². The Balaban J connectivity index is 0.00000220. The van der Waals surface area contributed by atoms with Crippen LogP contribution in [0.1, 0.15) is 19.8 Å². The molecule has 1 atom stereocenters. The van der Waals surface area contributed by atoms with E-state index in [2.05, 4.69) is 0 Å². The van der Waals surface area contributed by atoms with Crippen LogP contribution in [0.15, 0.2) is 29.2 Å². The summed E-state index contributed by atoms with van der Waals surface area (Å²) in [6.07, 6.45) is 1.88. The molecule has 0 saturated carbocycles. The Kier molecular flexibility index (Phi) is 6.93. The van der Waals surface area contributed by atoms with E-state index in [-0.39, 0.29) is 18.3 Å². The van der Waals surface area contributed by atoms with Crippen molar-refractivity contribution in [3.05, 3.63) is 24.3 Å². The Bertz CT molecular complexity index is 534. The number of hydrogen-bond donors (Lipinski definition) is 1. The van der Waals surface area contributed by atoms with Gasteiger partial charge in [-0.25, -0.2) is 8.42 Å².